The van der Waals surface area contributed by atoms with E-state index in [9.17, 15) is 4.79 Å². The van der Waals surface area contributed by atoms with Crippen molar-refractivity contribution in [3.05, 3.63) is 36.2 Å². The molecular formula is C12H13N3O3. The number of rotatable bonds is 4. The Morgan fingerprint density at radius 3 is 2.83 bits per heavy atom. The van der Waals surface area contributed by atoms with Crippen LogP contribution in [0.2, 0.25) is 0 Å². The molecule has 0 radical (unpaired) electrons. The number of anilines is 2. The van der Waals surface area contributed by atoms with Gasteiger partial charge in [-0.25, -0.2) is 4.79 Å². The number of hydrogen-bond donors (Lipinski definition) is 2. The Kier molecular flexibility index (Phi) is 3.18. The summed E-state index contributed by atoms with van der Waals surface area (Å²) in [5.41, 5.74) is 1.36. The van der Waals surface area contributed by atoms with Crippen molar-refractivity contribution in [3.8, 4) is 5.75 Å². The van der Waals surface area contributed by atoms with Crippen molar-refractivity contribution in [2.24, 2.45) is 7.05 Å². The highest BCUT2D eigenvalue weighted by Crippen LogP contribution is 2.25. The van der Waals surface area contributed by atoms with E-state index in [1.807, 2.05) is 0 Å². The summed E-state index contributed by atoms with van der Waals surface area (Å²) in [7, 11) is 3.32. The molecule has 2 rings (SSSR count). The van der Waals surface area contributed by atoms with Crippen molar-refractivity contribution in [2.75, 3.05) is 12.4 Å². The molecule has 2 aromatic rings. The minimum absolute atomic E-state index is 0.180. The number of nitrogens with one attached hydrogen (secondary N) is 1. The fraction of sp³-hybridized carbons (Fsp3) is 0.167. The second-order valence-electron chi connectivity index (χ2n) is 3.74. The van der Waals surface area contributed by atoms with Crippen molar-refractivity contribution in [3.63, 3.8) is 0 Å². The molecule has 0 atom stereocenters. The molecule has 1 aromatic heterocycles. The van der Waals surface area contributed by atoms with E-state index in [-0.39, 0.29) is 5.56 Å². The molecule has 1 heterocycles. The maximum atomic E-state index is 11.1. The van der Waals surface area contributed by atoms with Crippen LogP contribution in [-0.2, 0) is 7.05 Å². The molecule has 0 saturated heterocycles. The monoisotopic (exact) mass is 247 g/mol. The van der Waals surface area contributed by atoms with E-state index in [2.05, 4.69) is 10.4 Å². The van der Waals surface area contributed by atoms with Crippen molar-refractivity contribution in [2.45, 2.75) is 0 Å². The van der Waals surface area contributed by atoms with Crippen LogP contribution in [0.15, 0.2) is 30.6 Å². The summed E-state index contributed by atoms with van der Waals surface area (Å²) in [5.74, 6) is -0.407. The topological polar surface area (TPSA) is 76.4 Å². The third-order valence-electron chi connectivity index (χ3n) is 2.44. The van der Waals surface area contributed by atoms with Gasteiger partial charge >= 0.3 is 5.97 Å². The lowest BCUT2D eigenvalue weighted by molar-refractivity contribution is 0.0698. The molecule has 0 amide bonds. The Morgan fingerprint density at radius 1 is 1.50 bits per heavy atom. The predicted molar refractivity (Wildman–Crippen MR) is 66.4 cm³/mol. The summed E-state index contributed by atoms with van der Waals surface area (Å²) in [6.45, 7) is 0. The highest BCUT2D eigenvalue weighted by atomic mass is 16.5. The average Bonchev–Trinajstić information content (AvgIpc) is 2.74. The van der Waals surface area contributed by atoms with Gasteiger partial charge < -0.3 is 15.2 Å². The van der Waals surface area contributed by atoms with Crippen LogP contribution < -0.4 is 10.1 Å². The molecule has 0 aliphatic heterocycles. The lowest BCUT2D eigenvalue weighted by Gasteiger charge is -2.09. The summed E-state index contributed by atoms with van der Waals surface area (Å²) < 4.78 is 6.71. The number of aromatic carboxylic acids is 1. The lowest BCUT2D eigenvalue weighted by atomic mass is 10.1. The molecule has 94 valence electrons. The van der Waals surface area contributed by atoms with Crippen molar-refractivity contribution < 1.29 is 14.6 Å². The number of hydrogen-bond acceptors (Lipinski definition) is 4. The smallest absolute Gasteiger partial charge is 0.337 e. The van der Waals surface area contributed by atoms with Crippen molar-refractivity contribution in [1.29, 1.82) is 0 Å². The van der Waals surface area contributed by atoms with Crippen molar-refractivity contribution >= 4 is 17.3 Å². The van der Waals surface area contributed by atoms with Gasteiger partial charge in [-0.2, -0.15) is 5.10 Å². The minimum Gasteiger partial charge on any atom is -0.497 e. The first-order valence-electron chi connectivity index (χ1n) is 5.27. The molecular weight excluding hydrogens is 234 g/mol. The number of ether oxygens (including phenoxy) is 1. The van der Waals surface area contributed by atoms with Crippen LogP contribution in [-0.4, -0.2) is 28.0 Å². The number of nitrogens with zero attached hydrogens (tertiary/aromatic N) is 2. The van der Waals surface area contributed by atoms with Gasteiger partial charge in [0, 0.05) is 19.3 Å². The summed E-state index contributed by atoms with van der Waals surface area (Å²) in [5, 5.41) is 16.1. The fourth-order valence-corrected chi connectivity index (χ4v) is 1.58. The zero-order chi connectivity index (χ0) is 13.1. The molecule has 0 fully saturated rings. The number of carboxylic acid groups (broad SMARTS) is 1. The van der Waals surface area contributed by atoms with Gasteiger partial charge in [0.25, 0.3) is 0 Å². The second-order valence-corrected chi connectivity index (χ2v) is 3.74. The molecule has 0 saturated carbocycles. The average molecular weight is 247 g/mol. The van der Waals surface area contributed by atoms with Crippen LogP contribution in [0.25, 0.3) is 0 Å². The number of aryl methyl sites for hydroxylation is 1. The number of carbonyl (C=O) groups is 1. The van der Waals surface area contributed by atoms with Gasteiger partial charge in [-0.1, -0.05) is 0 Å². The van der Waals surface area contributed by atoms with Crippen LogP contribution in [0.5, 0.6) is 5.75 Å². The Labute approximate surface area is 104 Å². The van der Waals surface area contributed by atoms with Crippen LogP contribution in [0, 0.1) is 0 Å². The van der Waals surface area contributed by atoms with Gasteiger partial charge in [-0.15, -0.1) is 0 Å². The zero-order valence-electron chi connectivity index (χ0n) is 10.0. The highest BCUT2D eigenvalue weighted by Gasteiger charge is 2.11. The maximum absolute atomic E-state index is 11.1. The molecule has 0 aliphatic rings. The van der Waals surface area contributed by atoms with E-state index < -0.39 is 5.97 Å². The Hall–Kier alpha value is -2.50. The van der Waals surface area contributed by atoms with E-state index in [1.165, 1.54) is 13.2 Å². The SMILES string of the molecule is COc1ccc(C(=O)O)c(Nc2cnn(C)c2)c1. The number of carboxylic acids is 1. The van der Waals surface area contributed by atoms with E-state index in [0.29, 0.717) is 17.1 Å². The molecule has 0 bridgehead atoms. The maximum Gasteiger partial charge on any atom is 0.337 e. The van der Waals surface area contributed by atoms with E-state index in [1.54, 1.807) is 36.3 Å². The van der Waals surface area contributed by atoms with Crippen LogP contribution >= 0.6 is 0 Å². The quantitative estimate of drug-likeness (QED) is 0.862. The number of aromatic nitrogens is 2. The summed E-state index contributed by atoms with van der Waals surface area (Å²) in [4.78, 5) is 11.1. The third-order valence-corrected chi connectivity index (χ3v) is 2.44. The first kappa shape index (κ1) is 12.0. The van der Waals surface area contributed by atoms with Crippen LogP contribution in [0.4, 0.5) is 11.4 Å². The van der Waals surface area contributed by atoms with Gasteiger partial charge in [0.1, 0.15) is 5.75 Å². The normalized spacial score (nSPS) is 10.1. The Bertz CT molecular complexity index is 578. The lowest BCUT2D eigenvalue weighted by Crippen LogP contribution is -2.02. The predicted octanol–water partition coefficient (Wildman–Crippen LogP) is 1.87. The summed E-state index contributed by atoms with van der Waals surface area (Å²) >= 11 is 0. The summed E-state index contributed by atoms with van der Waals surface area (Å²) in [6, 6.07) is 4.74. The fourth-order valence-electron chi connectivity index (χ4n) is 1.58. The van der Waals surface area contributed by atoms with Crippen LogP contribution in [0.1, 0.15) is 10.4 Å². The molecule has 18 heavy (non-hydrogen) atoms. The van der Waals surface area contributed by atoms with Gasteiger partial charge in [0.2, 0.25) is 0 Å². The number of benzene rings is 1. The molecule has 6 heteroatoms. The number of methoxy groups -OCH3 is 1. The van der Waals surface area contributed by atoms with E-state index in [0.717, 1.165) is 0 Å². The largest absolute Gasteiger partial charge is 0.497 e. The molecule has 1 aromatic carbocycles. The first-order valence-corrected chi connectivity index (χ1v) is 5.27. The van der Waals surface area contributed by atoms with Gasteiger partial charge in [-0.05, 0) is 12.1 Å². The zero-order valence-corrected chi connectivity index (χ0v) is 10.0. The molecule has 6 nitrogen and oxygen atoms in total. The molecule has 0 spiro atoms. The Balaban J connectivity index is 2.37. The molecule has 0 aliphatic carbocycles. The summed E-state index contributed by atoms with van der Waals surface area (Å²) in [6.07, 6.45) is 3.37. The minimum atomic E-state index is -0.996. The van der Waals surface area contributed by atoms with E-state index in [4.69, 9.17) is 9.84 Å². The van der Waals surface area contributed by atoms with Crippen molar-refractivity contribution in [1.82, 2.24) is 9.78 Å². The van der Waals surface area contributed by atoms with Gasteiger partial charge in [0.05, 0.1) is 30.2 Å². The first-order chi connectivity index (χ1) is 8.60. The highest BCUT2D eigenvalue weighted by molar-refractivity contribution is 5.95. The van der Waals surface area contributed by atoms with E-state index >= 15 is 0 Å². The van der Waals surface area contributed by atoms with Gasteiger partial charge in [0.15, 0.2) is 0 Å². The van der Waals surface area contributed by atoms with Crippen LogP contribution in [0.3, 0.4) is 0 Å². The second kappa shape index (κ2) is 4.79. The third kappa shape index (κ3) is 2.42. The molecule has 0 unspecified atom stereocenters. The Morgan fingerprint density at radius 2 is 2.28 bits per heavy atom. The van der Waals surface area contributed by atoms with Gasteiger partial charge in [-0.3, -0.25) is 4.68 Å². The molecule has 2 N–H and O–H groups in total. The standard InChI is InChI=1S/C12H13N3O3/c1-15-7-8(6-13-15)14-11-5-9(18-2)3-4-10(11)12(16)17/h3-7,14H,1-2H3,(H,16,17).